The molecule has 5 nitrogen and oxygen atoms in total. The van der Waals surface area contributed by atoms with Crippen LogP contribution in [0.5, 0.6) is 0 Å². The summed E-state index contributed by atoms with van der Waals surface area (Å²) in [7, 11) is 1.87. The van der Waals surface area contributed by atoms with Crippen LogP contribution < -0.4 is 5.73 Å². The molecule has 0 radical (unpaired) electrons. The fourth-order valence-corrected chi connectivity index (χ4v) is 1.36. The number of nitrogens with two attached hydrogens (primary N) is 1. The molecule has 0 unspecified atom stereocenters. The maximum absolute atomic E-state index is 8.57. The zero-order chi connectivity index (χ0) is 11.3. The van der Waals surface area contributed by atoms with Crippen LogP contribution in [0.1, 0.15) is 5.56 Å². The number of hydrogen-bond acceptors (Lipinski definition) is 4. The van der Waals surface area contributed by atoms with Gasteiger partial charge in [-0.05, 0) is 22.6 Å². The molecule has 0 saturated heterocycles. The van der Waals surface area contributed by atoms with Crippen molar-refractivity contribution in [2.45, 2.75) is 6.54 Å². The summed E-state index contributed by atoms with van der Waals surface area (Å²) in [5.41, 5.74) is 6.59. The monoisotopic (exact) mass is 315 g/mol. The molecule has 15 heavy (non-hydrogen) atoms. The summed E-state index contributed by atoms with van der Waals surface area (Å²) in [6.07, 6.45) is 4.46. The molecule has 0 amide bonds. The second kappa shape index (κ2) is 5.50. The van der Waals surface area contributed by atoms with Crippen molar-refractivity contribution in [3.63, 3.8) is 0 Å². The fourth-order valence-electron chi connectivity index (χ4n) is 0.926. The van der Waals surface area contributed by atoms with Crippen molar-refractivity contribution in [1.82, 2.24) is 9.78 Å². The average Bonchev–Trinajstić information content (AvgIpc) is 2.56. The summed E-state index contributed by atoms with van der Waals surface area (Å²) in [5, 5.41) is 12.7. The summed E-state index contributed by atoms with van der Waals surface area (Å²) in [4.78, 5) is 4.10. The standard InChI is InChI=1S/C9H10IN5/c1-15-9(10)8(6-14-15)5-13-4-7(2-11)3-12/h2,4,6H,5,11H2,1H3. The number of aromatic nitrogens is 2. The SMILES string of the molecule is Cn1ncc(CN=CC(C#N)=CN)c1I. The lowest BCUT2D eigenvalue weighted by atomic mass is 10.3. The van der Waals surface area contributed by atoms with Crippen LogP contribution in [0.25, 0.3) is 0 Å². The molecule has 1 rings (SSSR count). The molecule has 1 aromatic heterocycles. The predicted octanol–water partition coefficient (Wildman–Crippen LogP) is 0.962. The van der Waals surface area contributed by atoms with Gasteiger partial charge in [0.05, 0.1) is 18.3 Å². The number of allylic oxidation sites excluding steroid dienone is 1. The molecule has 2 N–H and O–H groups in total. The van der Waals surface area contributed by atoms with E-state index in [0.29, 0.717) is 12.1 Å². The molecule has 0 fully saturated rings. The van der Waals surface area contributed by atoms with E-state index in [1.807, 2.05) is 13.1 Å². The largest absolute Gasteiger partial charge is 0.403 e. The number of halogens is 1. The van der Waals surface area contributed by atoms with Gasteiger partial charge in [-0.25, -0.2) is 0 Å². The molecule has 0 aliphatic heterocycles. The number of aliphatic imine (C=N–C) groups is 1. The van der Waals surface area contributed by atoms with Crippen LogP contribution >= 0.6 is 22.6 Å². The average molecular weight is 315 g/mol. The second-order valence-electron chi connectivity index (χ2n) is 2.79. The Balaban J connectivity index is 2.66. The van der Waals surface area contributed by atoms with E-state index in [0.717, 1.165) is 9.26 Å². The Hall–Kier alpha value is -1.36. The first-order chi connectivity index (χ1) is 7.19. The molecular formula is C9H10IN5. The lowest BCUT2D eigenvalue weighted by Crippen LogP contribution is -1.94. The minimum absolute atomic E-state index is 0.355. The Morgan fingerprint density at radius 2 is 2.60 bits per heavy atom. The smallest absolute Gasteiger partial charge is 0.104 e. The molecule has 0 aliphatic carbocycles. The molecule has 6 heteroatoms. The van der Waals surface area contributed by atoms with E-state index in [-0.39, 0.29) is 0 Å². The van der Waals surface area contributed by atoms with E-state index in [4.69, 9.17) is 11.0 Å². The van der Waals surface area contributed by atoms with Gasteiger partial charge in [-0.3, -0.25) is 9.67 Å². The maximum Gasteiger partial charge on any atom is 0.104 e. The van der Waals surface area contributed by atoms with Gasteiger partial charge >= 0.3 is 0 Å². The Morgan fingerprint density at radius 1 is 1.87 bits per heavy atom. The summed E-state index contributed by atoms with van der Waals surface area (Å²) in [5.74, 6) is 0. The van der Waals surface area contributed by atoms with Crippen LogP contribution in [0, 0.1) is 15.0 Å². The Bertz CT molecular complexity index is 438. The van der Waals surface area contributed by atoms with Gasteiger partial charge in [0, 0.05) is 25.0 Å². The minimum atomic E-state index is 0.355. The van der Waals surface area contributed by atoms with E-state index < -0.39 is 0 Å². The minimum Gasteiger partial charge on any atom is -0.403 e. The van der Waals surface area contributed by atoms with E-state index >= 15 is 0 Å². The topological polar surface area (TPSA) is 80.0 Å². The molecule has 0 atom stereocenters. The third kappa shape index (κ3) is 3.06. The van der Waals surface area contributed by atoms with Gasteiger partial charge in [0.25, 0.3) is 0 Å². The summed E-state index contributed by atoms with van der Waals surface area (Å²) in [6, 6.07) is 1.92. The zero-order valence-electron chi connectivity index (χ0n) is 8.18. The quantitative estimate of drug-likeness (QED) is 0.512. The second-order valence-corrected chi connectivity index (χ2v) is 3.81. The van der Waals surface area contributed by atoms with E-state index in [9.17, 15) is 0 Å². The van der Waals surface area contributed by atoms with Crippen LogP contribution in [0.2, 0.25) is 0 Å². The highest BCUT2D eigenvalue weighted by Crippen LogP contribution is 2.11. The van der Waals surface area contributed by atoms with E-state index in [1.165, 1.54) is 12.4 Å². The van der Waals surface area contributed by atoms with Crippen molar-refractivity contribution in [3.8, 4) is 6.07 Å². The Morgan fingerprint density at radius 3 is 3.07 bits per heavy atom. The first-order valence-electron chi connectivity index (χ1n) is 4.17. The summed E-state index contributed by atoms with van der Waals surface area (Å²) < 4.78 is 2.81. The number of hydrogen-bond donors (Lipinski definition) is 1. The van der Waals surface area contributed by atoms with Gasteiger partial charge in [0.2, 0.25) is 0 Å². The highest BCUT2D eigenvalue weighted by Gasteiger charge is 2.02. The summed E-state index contributed by atoms with van der Waals surface area (Å²) in [6.45, 7) is 0.505. The third-order valence-corrected chi connectivity index (χ3v) is 3.13. The molecule has 0 spiro atoms. The Labute approximate surface area is 101 Å². The molecular weight excluding hydrogens is 305 g/mol. The van der Waals surface area contributed by atoms with Crippen molar-refractivity contribution < 1.29 is 0 Å². The zero-order valence-corrected chi connectivity index (χ0v) is 10.3. The van der Waals surface area contributed by atoms with E-state index in [2.05, 4.69) is 32.7 Å². The highest BCUT2D eigenvalue weighted by molar-refractivity contribution is 14.1. The number of aryl methyl sites for hydroxylation is 1. The number of rotatable bonds is 3. The first kappa shape index (κ1) is 11.7. The Kier molecular flexibility index (Phi) is 4.30. The molecule has 0 saturated carbocycles. The maximum atomic E-state index is 8.57. The van der Waals surface area contributed by atoms with E-state index in [1.54, 1.807) is 10.9 Å². The van der Waals surface area contributed by atoms with Crippen molar-refractivity contribution in [2.24, 2.45) is 17.8 Å². The lowest BCUT2D eigenvalue weighted by Gasteiger charge is -1.93. The number of nitriles is 1. The number of nitrogens with zero attached hydrogens (tertiary/aromatic N) is 4. The van der Waals surface area contributed by atoms with Crippen molar-refractivity contribution in [3.05, 3.63) is 27.2 Å². The van der Waals surface area contributed by atoms with Crippen LogP contribution in [0.15, 0.2) is 23.0 Å². The van der Waals surface area contributed by atoms with Crippen molar-refractivity contribution in [2.75, 3.05) is 0 Å². The summed E-state index contributed by atoms with van der Waals surface area (Å²) >= 11 is 2.20. The van der Waals surface area contributed by atoms with Gasteiger partial charge in [-0.2, -0.15) is 10.4 Å². The molecule has 1 heterocycles. The predicted molar refractivity (Wildman–Crippen MR) is 66.0 cm³/mol. The lowest BCUT2D eigenvalue weighted by molar-refractivity contribution is 0.745. The van der Waals surface area contributed by atoms with Gasteiger partial charge < -0.3 is 5.73 Å². The van der Waals surface area contributed by atoms with Gasteiger partial charge in [0.15, 0.2) is 0 Å². The van der Waals surface area contributed by atoms with Crippen LogP contribution in [0.3, 0.4) is 0 Å². The molecule has 78 valence electrons. The van der Waals surface area contributed by atoms with Crippen molar-refractivity contribution >= 4 is 28.8 Å². The first-order valence-corrected chi connectivity index (χ1v) is 5.25. The molecule has 0 aliphatic rings. The highest BCUT2D eigenvalue weighted by atomic mass is 127. The third-order valence-electron chi connectivity index (χ3n) is 1.74. The molecule has 0 bridgehead atoms. The molecule has 0 aromatic carbocycles. The van der Waals surface area contributed by atoms with Crippen LogP contribution in [0.4, 0.5) is 0 Å². The molecule has 1 aromatic rings. The van der Waals surface area contributed by atoms with Crippen LogP contribution in [-0.2, 0) is 13.6 Å². The van der Waals surface area contributed by atoms with Crippen molar-refractivity contribution in [1.29, 1.82) is 5.26 Å². The fraction of sp³-hybridized carbons (Fsp3) is 0.222. The normalized spacial score (nSPS) is 11.9. The van der Waals surface area contributed by atoms with Gasteiger partial charge in [-0.15, -0.1) is 0 Å². The van der Waals surface area contributed by atoms with Gasteiger partial charge in [-0.1, -0.05) is 0 Å². The van der Waals surface area contributed by atoms with Crippen LogP contribution in [-0.4, -0.2) is 16.0 Å². The van der Waals surface area contributed by atoms with Gasteiger partial charge in [0.1, 0.15) is 9.77 Å².